The molecule has 1 heterocycles. The Morgan fingerprint density at radius 1 is 1.30 bits per heavy atom. The highest BCUT2D eigenvalue weighted by Crippen LogP contribution is 2.38. The molecule has 0 saturated heterocycles. The van der Waals surface area contributed by atoms with Gasteiger partial charge in [0.05, 0.1) is 21.3 Å². The molecule has 2 rings (SSSR count). The Kier molecular flexibility index (Phi) is 4.01. The van der Waals surface area contributed by atoms with Crippen molar-refractivity contribution in [3.8, 4) is 5.75 Å². The van der Waals surface area contributed by atoms with Crippen LogP contribution in [0.1, 0.15) is 27.3 Å². The molecule has 0 saturated carbocycles. The van der Waals surface area contributed by atoms with Crippen LogP contribution in [-0.4, -0.2) is 26.4 Å². The van der Waals surface area contributed by atoms with Crippen LogP contribution in [0.2, 0.25) is 10.0 Å². The summed E-state index contributed by atoms with van der Waals surface area (Å²) >= 11 is 11.7. The fraction of sp³-hybridized carbons (Fsp3) is 0.0769. The highest BCUT2D eigenvalue weighted by atomic mass is 35.5. The van der Waals surface area contributed by atoms with Crippen LogP contribution < -0.4 is 0 Å². The third-order valence-electron chi connectivity index (χ3n) is 2.60. The largest absolute Gasteiger partial charge is 0.505 e. The lowest BCUT2D eigenvalue weighted by atomic mass is 10.1. The number of phenolic OH excluding ortho intramolecular Hbond substituents is 1. The topological polar surface area (TPSA) is 86.2 Å². The molecule has 0 fully saturated rings. The highest BCUT2D eigenvalue weighted by Gasteiger charge is 2.18. The molecule has 0 unspecified atom stereocenters. The zero-order valence-corrected chi connectivity index (χ0v) is 11.8. The summed E-state index contributed by atoms with van der Waals surface area (Å²) in [6.07, 6.45) is 3.20. The van der Waals surface area contributed by atoms with E-state index < -0.39 is 11.7 Å². The second-order valence-electron chi connectivity index (χ2n) is 4.10. The summed E-state index contributed by atoms with van der Waals surface area (Å²) in [6.45, 7) is 1.86. The minimum atomic E-state index is -1.24. The number of hydrogen-bond donors (Lipinski definition) is 3. The number of aromatic hydroxyl groups is 1. The van der Waals surface area contributed by atoms with E-state index in [1.165, 1.54) is 6.07 Å². The summed E-state index contributed by atoms with van der Waals surface area (Å²) in [4.78, 5) is 11.0. The number of H-pyrrole nitrogens is 1. The summed E-state index contributed by atoms with van der Waals surface area (Å²) in [5, 5.41) is 25.2. The van der Waals surface area contributed by atoms with Crippen LogP contribution in [0.5, 0.6) is 5.75 Å². The molecular weight excluding hydrogens is 303 g/mol. The highest BCUT2D eigenvalue weighted by molar-refractivity contribution is 6.39. The number of aromatic carboxylic acids is 1. The number of aryl methyl sites for hydroxylation is 1. The third kappa shape index (κ3) is 2.79. The molecule has 1 aromatic heterocycles. The number of benzene rings is 1. The Morgan fingerprint density at radius 2 is 2.00 bits per heavy atom. The quantitative estimate of drug-likeness (QED) is 0.808. The van der Waals surface area contributed by atoms with Gasteiger partial charge in [-0.15, -0.1) is 0 Å². The molecule has 20 heavy (non-hydrogen) atoms. The number of halogens is 2. The van der Waals surface area contributed by atoms with Gasteiger partial charge in [-0.3, -0.25) is 5.10 Å². The Balaban J connectivity index is 2.46. The maximum Gasteiger partial charge on any atom is 0.337 e. The lowest BCUT2D eigenvalue weighted by Crippen LogP contribution is -1.98. The van der Waals surface area contributed by atoms with Crippen LogP contribution in [0.4, 0.5) is 0 Å². The van der Waals surface area contributed by atoms with Gasteiger partial charge in [0.15, 0.2) is 5.75 Å². The van der Waals surface area contributed by atoms with Crippen molar-refractivity contribution in [2.45, 2.75) is 6.92 Å². The SMILES string of the molecule is Cc1cc(/C=C/c2cc(C(=O)O)c(Cl)c(O)c2Cl)n[nH]1. The molecule has 7 heteroatoms. The van der Waals surface area contributed by atoms with Gasteiger partial charge in [-0.05, 0) is 30.7 Å². The van der Waals surface area contributed by atoms with Crippen molar-refractivity contribution < 1.29 is 15.0 Å². The monoisotopic (exact) mass is 312 g/mol. The number of nitrogens with zero attached hydrogens (tertiary/aromatic N) is 1. The number of carbonyl (C=O) groups is 1. The van der Waals surface area contributed by atoms with Crippen molar-refractivity contribution >= 4 is 41.3 Å². The zero-order chi connectivity index (χ0) is 14.9. The number of aromatic amines is 1. The minimum Gasteiger partial charge on any atom is -0.505 e. The van der Waals surface area contributed by atoms with Gasteiger partial charge in [0, 0.05) is 5.69 Å². The molecule has 2 aromatic rings. The summed E-state index contributed by atoms with van der Waals surface area (Å²) < 4.78 is 0. The fourth-order valence-electron chi connectivity index (χ4n) is 1.62. The van der Waals surface area contributed by atoms with E-state index in [0.29, 0.717) is 11.3 Å². The van der Waals surface area contributed by atoms with Gasteiger partial charge >= 0.3 is 5.97 Å². The van der Waals surface area contributed by atoms with Gasteiger partial charge in [-0.25, -0.2) is 4.79 Å². The molecule has 0 aliphatic carbocycles. The fourth-order valence-corrected chi connectivity index (χ4v) is 2.11. The third-order valence-corrected chi connectivity index (χ3v) is 3.38. The maximum absolute atomic E-state index is 11.0. The molecule has 104 valence electrons. The van der Waals surface area contributed by atoms with Gasteiger partial charge in [-0.2, -0.15) is 5.10 Å². The van der Waals surface area contributed by atoms with Crippen LogP contribution >= 0.6 is 23.2 Å². The van der Waals surface area contributed by atoms with E-state index in [4.69, 9.17) is 28.3 Å². The standard InChI is InChI=1S/C13H10Cl2N2O3/c1-6-4-8(17-16-6)3-2-7-5-9(13(19)20)11(15)12(18)10(7)14/h2-5,18H,1H3,(H,16,17)(H,19,20)/b3-2+. The number of carboxylic acid groups (broad SMARTS) is 1. The Bertz CT molecular complexity index is 708. The van der Waals surface area contributed by atoms with E-state index in [9.17, 15) is 9.90 Å². The molecule has 0 amide bonds. The Morgan fingerprint density at radius 3 is 2.55 bits per heavy atom. The molecule has 1 aromatic carbocycles. The van der Waals surface area contributed by atoms with Crippen LogP contribution in [-0.2, 0) is 0 Å². The number of nitrogens with one attached hydrogen (secondary N) is 1. The minimum absolute atomic E-state index is 0.0106. The van der Waals surface area contributed by atoms with Crippen LogP contribution in [0.15, 0.2) is 12.1 Å². The smallest absolute Gasteiger partial charge is 0.337 e. The first-order valence-electron chi connectivity index (χ1n) is 5.54. The predicted molar refractivity (Wildman–Crippen MR) is 77.3 cm³/mol. The van der Waals surface area contributed by atoms with E-state index >= 15 is 0 Å². The predicted octanol–water partition coefficient (Wildman–Crippen LogP) is 3.60. The molecule has 5 nitrogen and oxygen atoms in total. The number of aromatic nitrogens is 2. The average molecular weight is 313 g/mol. The van der Waals surface area contributed by atoms with Crippen LogP contribution in [0.25, 0.3) is 12.2 Å². The number of hydrogen-bond acceptors (Lipinski definition) is 3. The molecular formula is C13H10Cl2N2O3. The van der Waals surface area contributed by atoms with Gasteiger partial charge in [-0.1, -0.05) is 29.3 Å². The van der Waals surface area contributed by atoms with Gasteiger partial charge < -0.3 is 10.2 Å². The second-order valence-corrected chi connectivity index (χ2v) is 4.86. The van der Waals surface area contributed by atoms with Gasteiger partial charge in [0.2, 0.25) is 0 Å². The second kappa shape index (κ2) is 5.56. The first kappa shape index (κ1) is 14.4. The van der Waals surface area contributed by atoms with Crippen molar-refractivity contribution in [1.29, 1.82) is 0 Å². The zero-order valence-electron chi connectivity index (χ0n) is 10.3. The Labute approximate surface area is 124 Å². The van der Waals surface area contributed by atoms with Crippen LogP contribution in [0, 0.1) is 6.92 Å². The molecule has 3 N–H and O–H groups in total. The lowest BCUT2D eigenvalue weighted by Gasteiger charge is -2.07. The van der Waals surface area contributed by atoms with E-state index in [1.54, 1.807) is 18.2 Å². The van der Waals surface area contributed by atoms with Crippen molar-refractivity contribution in [2.75, 3.05) is 0 Å². The molecule has 0 aliphatic rings. The maximum atomic E-state index is 11.0. The van der Waals surface area contributed by atoms with Crippen molar-refractivity contribution in [3.05, 3.63) is 44.7 Å². The number of phenols is 1. The number of rotatable bonds is 3. The van der Waals surface area contributed by atoms with E-state index in [0.717, 1.165) is 5.69 Å². The molecule has 0 aliphatic heterocycles. The summed E-state index contributed by atoms with van der Waals surface area (Å²) in [7, 11) is 0. The summed E-state index contributed by atoms with van der Waals surface area (Å²) in [6, 6.07) is 3.10. The number of carboxylic acids is 1. The van der Waals surface area contributed by atoms with E-state index in [-0.39, 0.29) is 15.6 Å². The molecule has 0 atom stereocenters. The molecule has 0 bridgehead atoms. The van der Waals surface area contributed by atoms with Crippen molar-refractivity contribution in [3.63, 3.8) is 0 Å². The summed E-state index contributed by atoms with van der Waals surface area (Å²) in [5.74, 6) is -1.70. The average Bonchev–Trinajstić information content (AvgIpc) is 2.80. The first-order valence-corrected chi connectivity index (χ1v) is 6.30. The molecule has 0 radical (unpaired) electrons. The van der Waals surface area contributed by atoms with Crippen molar-refractivity contribution in [2.24, 2.45) is 0 Å². The summed E-state index contributed by atoms with van der Waals surface area (Å²) in [5.41, 5.74) is 1.67. The van der Waals surface area contributed by atoms with Gasteiger partial charge in [0.1, 0.15) is 0 Å². The molecule has 0 spiro atoms. The van der Waals surface area contributed by atoms with Gasteiger partial charge in [0.25, 0.3) is 0 Å². The van der Waals surface area contributed by atoms with E-state index in [2.05, 4.69) is 10.2 Å². The van der Waals surface area contributed by atoms with Crippen molar-refractivity contribution in [1.82, 2.24) is 10.2 Å². The van der Waals surface area contributed by atoms with E-state index in [1.807, 2.05) is 6.92 Å². The normalized spacial score (nSPS) is 11.2. The lowest BCUT2D eigenvalue weighted by molar-refractivity contribution is 0.0696. The first-order chi connectivity index (χ1) is 9.40. The Hall–Kier alpha value is -1.98. The van der Waals surface area contributed by atoms with Crippen LogP contribution in [0.3, 0.4) is 0 Å².